The Morgan fingerprint density at radius 1 is 1.39 bits per heavy atom. The van der Waals surface area contributed by atoms with Crippen molar-refractivity contribution >= 4 is 5.91 Å². The Labute approximate surface area is 131 Å². The molecule has 1 amide bonds. The van der Waals surface area contributed by atoms with Crippen molar-refractivity contribution < 1.29 is 9.53 Å². The summed E-state index contributed by atoms with van der Waals surface area (Å²) >= 11 is 0. The van der Waals surface area contributed by atoms with E-state index in [1.807, 2.05) is 6.07 Å². The van der Waals surface area contributed by atoms with E-state index in [9.17, 15) is 9.59 Å². The first-order chi connectivity index (χ1) is 11.1. The van der Waals surface area contributed by atoms with E-state index in [0.29, 0.717) is 18.7 Å². The van der Waals surface area contributed by atoms with Gasteiger partial charge in [0.05, 0.1) is 13.1 Å². The number of nitriles is 1. The third-order valence-electron chi connectivity index (χ3n) is 3.48. The SMILES string of the molecule is Cn1nc(C(=O)N2CC(Oc3ncccc3C#N)C2)ccc1=O. The molecule has 1 aliphatic rings. The predicted octanol–water partition coefficient (Wildman–Crippen LogP) is -0.0496. The van der Waals surface area contributed by atoms with E-state index in [1.165, 1.54) is 19.2 Å². The van der Waals surface area contributed by atoms with Crippen LogP contribution in [-0.4, -0.2) is 44.8 Å². The molecule has 1 saturated heterocycles. The fraction of sp³-hybridized carbons (Fsp3) is 0.267. The summed E-state index contributed by atoms with van der Waals surface area (Å²) in [6.07, 6.45) is 1.33. The van der Waals surface area contributed by atoms with Crippen molar-refractivity contribution in [3.63, 3.8) is 0 Å². The predicted molar refractivity (Wildman–Crippen MR) is 78.7 cm³/mol. The van der Waals surface area contributed by atoms with E-state index in [2.05, 4.69) is 10.1 Å². The molecular weight excluding hydrogens is 298 g/mol. The first-order valence-electron chi connectivity index (χ1n) is 6.94. The molecule has 0 spiro atoms. The number of hydrogen-bond acceptors (Lipinski definition) is 6. The van der Waals surface area contributed by atoms with Gasteiger partial charge in [-0.2, -0.15) is 10.4 Å². The number of nitrogens with zero attached hydrogens (tertiary/aromatic N) is 5. The van der Waals surface area contributed by atoms with Crippen LogP contribution in [0.5, 0.6) is 5.88 Å². The van der Waals surface area contributed by atoms with Gasteiger partial charge in [-0.15, -0.1) is 0 Å². The van der Waals surface area contributed by atoms with Gasteiger partial charge in [0.15, 0.2) is 0 Å². The summed E-state index contributed by atoms with van der Waals surface area (Å²) in [4.78, 5) is 29.1. The molecule has 0 N–H and O–H groups in total. The van der Waals surface area contributed by atoms with Crippen LogP contribution in [0, 0.1) is 11.3 Å². The number of carbonyl (C=O) groups is 1. The Hall–Kier alpha value is -3.21. The largest absolute Gasteiger partial charge is 0.470 e. The molecule has 0 saturated carbocycles. The van der Waals surface area contributed by atoms with Gasteiger partial charge in [0.1, 0.15) is 23.4 Å². The van der Waals surface area contributed by atoms with Crippen LogP contribution >= 0.6 is 0 Å². The summed E-state index contributed by atoms with van der Waals surface area (Å²) in [6.45, 7) is 0.760. The van der Waals surface area contributed by atoms with Gasteiger partial charge >= 0.3 is 0 Å². The van der Waals surface area contributed by atoms with Gasteiger partial charge < -0.3 is 9.64 Å². The minimum Gasteiger partial charge on any atom is -0.470 e. The highest BCUT2D eigenvalue weighted by Crippen LogP contribution is 2.20. The molecule has 0 bridgehead atoms. The molecule has 2 aromatic heterocycles. The standard InChI is InChI=1S/C15H13N5O3/c1-19-13(21)5-4-12(18-19)15(22)20-8-11(9-20)23-14-10(7-16)3-2-6-17-14/h2-6,11H,8-9H2,1H3. The smallest absolute Gasteiger partial charge is 0.274 e. The summed E-state index contributed by atoms with van der Waals surface area (Å²) in [7, 11) is 1.49. The van der Waals surface area contributed by atoms with E-state index in [4.69, 9.17) is 10.00 Å². The second-order valence-corrected chi connectivity index (χ2v) is 5.10. The van der Waals surface area contributed by atoms with E-state index in [0.717, 1.165) is 4.68 Å². The van der Waals surface area contributed by atoms with Crippen LogP contribution < -0.4 is 10.3 Å². The number of aryl methyl sites for hydroxylation is 1. The maximum atomic E-state index is 12.2. The quantitative estimate of drug-likeness (QED) is 0.787. The maximum Gasteiger partial charge on any atom is 0.274 e. The Kier molecular flexibility index (Phi) is 3.76. The molecule has 23 heavy (non-hydrogen) atoms. The van der Waals surface area contributed by atoms with Crippen LogP contribution in [0.1, 0.15) is 16.1 Å². The van der Waals surface area contributed by atoms with Gasteiger partial charge in [-0.3, -0.25) is 9.59 Å². The van der Waals surface area contributed by atoms with Crippen molar-refractivity contribution in [2.24, 2.45) is 7.05 Å². The van der Waals surface area contributed by atoms with Crippen LogP contribution in [-0.2, 0) is 7.05 Å². The Morgan fingerprint density at radius 2 is 2.17 bits per heavy atom. The van der Waals surface area contributed by atoms with Gasteiger partial charge in [-0.05, 0) is 18.2 Å². The van der Waals surface area contributed by atoms with E-state index in [-0.39, 0.29) is 29.1 Å². The van der Waals surface area contributed by atoms with Crippen LogP contribution in [0.3, 0.4) is 0 Å². The highest BCUT2D eigenvalue weighted by Gasteiger charge is 2.34. The number of likely N-dealkylation sites (tertiary alicyclic amines) is 1. The average Bonchev–Trinajstić information content (AvgIpc) is 2.53. The van der Waals surface area contributed by atoms with Crippen molar-refractivity contribution in [2.45, 2.75) is 6.10 Å². The highest BCUT2D eigenvalue weighted by atomic mass is 16.5. The molecule has 3 rings (SSSR count). The Morgan fingerprint density at radius 3 is 2.87 bits per heavy atom. The first-order valence-corrected chi connectivity index (χ1v) is 6.94. The zero-order chi connectivity index (χ0) is 16.4. The molecule has 3 heterocycles. The number of amides is 1. The van der Waals surface area contributed by atoms with Crippen LogP contribution in [0.25, 0.3) is 0 Å². The van der Waals surface area contributed by atoms with Crippen LogP contribution in [0.4, 0.5) is 0 Å². The fourth-order valence-corrected chi connectivity index (χ4v) is 2.18. The van der Waals surface area contributed by atoms with Gasteiger partial charge in [-0.25, -0.2) is 9.67 Å². The zero-order valence-electron chi connectivity index (χ0n) is 12.3. The molecule has 0 atom stereocenters. The second kappa shape index (κ2) is 5.88. The number of carbonyl (C=O) groups excluding carboxylic acids is 1. The fourth-order valence-electron chi connectivity index (χ4n) is 2.18. The summed E-state index contributed by atoms with van der Waals surface area (Å²) in [5.41, 5.74) is 0.295. The molecule has 116 valence electrons. The van der Waals surface area contributed by atoms with Crippen LogP contribution in [0.2, 0.25) is 0 Å². The van der Waals surface area contributed by atoms with Crippen molar-refractivity contribution in [1.82, 2.24) is 19.7 Å². The molecule has 8 heteroatoms. The third kappa shape index (κ3) is 2.89. The van der Waals surface area contributed by atoms with Crippen molar-refractivity contribution in [2.75, 3.05) is 13.1 Å². The number of hydrogen-bond donors (Lipinski definition) is 0. The van der Waals surface area contributed by atoms with Gasteiger partial charge in [-0.1, -0.05) is 0 Å². The Balaban J connectivity index is 1.62. The molecule has 0 aliphatic carbocycles. The number of rotatable bonds is 3. The lowest BCUT2D eigenvalue weighted by Gasteiger charge is -2.38. The lowest BCUT2D eigenvalue weighted by molar-refractivity contribution is 0.0153. The molecule has 0 aromatic carbocycles. The molecule has 1 aliphatic heterocycles. The van der Waals surface area contributed by atoms with Crippen molar-refractivity contribution in [1.29, 1.82) is 5.26 Å². The van der Waals surface area contributed by atoms with E-state index < -0.39 is 0 Å². The summed E-state index contributed by atoms with van der Waals surface area (Å²) in [5, 5.41) is 12.9. The molecule has 1 fully saturated rings. The maximum absolute atomic E-state index is 12.2. The highest BCUT2D eigenvalue weighted by molar-refractivity contribution is 5.92. The normalized spacial score (nSPS) is 14.0. The molecule has 0 unspecified atom stereocenters. The topological polar surface area (TPSA) is 101 Å². The van der Waals surface area contributed by atoms with Gasteiger partial charge in [0.25, 0.3) is 11.5 Å². The molecule has 0 radical (unpaired) electrons. The van der Waals surface area contributed by atoms with E-state index in [1.54, 1.807) is 23.2 Å². The average molecular weight is 311 g/mol. The molecular formula is C15H13N5O3. The minimum atomic E-state index is -0.273. The van der Waals surface area contributed by atoms with Crippen LogP contribution in [0.15, 0.2) is 35.3 Å². The number of aromatic nitrogens is 3. The Bertz CT molecular complexity index is 849. The lowest BCUT2D eigenvalue weighted by Crippen LogP contribution is -2.56. The van der Waals surface area contributed by atoms with Gasteiger partial charge in [0, 0.05) is 19.3 Å². The van der Waals surface area contributed by atoms with Crippen molar-refractivity contribution in [3.8, 4) is 11.9 Å². The number of pyridine rings is 1. The molecule has 2 aromatic rings. The lowest BCUT2D eigenvalue weighted by atomic mass is 10.1. The molecule has 8 nitrogen and oxygen atoms in total. The zero-order valence-corrected chi connectivity index (χ0v) is 12.3. The minimum absolute atomic E-state index is 0.209. The first kappa shape index (κ1) is 14.7. The summed E-state index contributed by atoms with van der Waals surface area (Å²) in [5.74, 6) is 0.00862. The second-order valence-electron chi connectivity index (χ2n) is 5.10. The summed E-state index contributed by atoms with van der Waals surface area (Å²) in [6, 6.07) is 8.01. The van der Waals surface area contributed by atoms with E-state index >= 15 is 0 Å². The third-order valence-corrected chi connectivity index (χ3v) is 3.48. The summed E-state index contributed by atoms with van der Waals surface area (Å²) < 4.78 is 6.75. The van der Waals surface area contributed by atoms with Gasteiger partial charge in [0.2, 0.25) is 5.88 Å². The number of ether oxygens (including phenoxy) is 1. The monoisotopic (exact) mass is 311 g/mol. The van der Waals surface area contributed by atoms with Crippen molar-refractivity contribution in [3.05, 3.63) is 52.1 Å².